The first kappa shape index (κ1) is 28.5. The minimum Gasteiger partial charge on any atom is -0.494 e. The van der Waals surface area contributed by atoms with Crippen molar-refractivity contribution in [3.8, 4) is 11.5 Å². The molecule has 2 aromatic carbocycles. The number of pyridine rings is 1. The second kappa shape index (κ2) is 12.2. The molecule has 1 aliphatic rings. The Balaban J connectivity index is 1.45. The number of aliphatic hydroxyl groups excluding tert-OH is 1. The molecule has 0 radical (unpaired) electrons. The van der Waals surface area contributed by atoms with Gasteiger partial charge < -0.3 is 29.5 Å². The molecule has 0 bridgehead atoms. The van der Waals surface area contributed by atoms with Gasteiger partial charge in [0.15, 0.2) is 23.1 Å². The molecule has 0 saturated carbocycles. The van der Waals surface area contributed by atoms with Crippen LogP contribution in [-0.2, 0) is 16.0 Å². The number of fused-ring (bicyclic) bond motifs is 1. The number of hydrogen-bond acceptors (Lipinski definition) is 8. The largest absolute Gasteiger partial charge is 0.494 e. The Morgan fingerprint density at radius 3 is 2.54 bits per heavy atom. The number of nitrogens with one attached hydrogen (secondary N) is 1. The summed E-state index contributed by atoms with van der Waals surface area (Å²) < 4.78 is 46.2. The molecule has 0 aliphatic carbocycles. The number of amides is 1. The van der Waals surface area contributed by atoms with Crippen molar-refractivity contribution in [1.82, 2.24) is 4.98 Å². The zero-order valence-corrected chi connectivity index (χ0v) is 23.4. The van der Waals surface area contributed by atoms with Crippen LogP contribution in [0.25, 0.3) is 10.1 Å². The zero-order chi connectivity index (χ0) is 29.1. The van der Waals surface area contributed by atoms with E-state index >= 15 is 8.78 Å². The molecule has 1 saturated heterocycles. The van der Waals surface area contributed by atoms with E-state index in [1.54, 1.807) is 12.3 Å². The Bertz CT molecular complexity index is 1570. The number of nitrogens with zero attached hydrogens (tertiary/aromatic N) is 2. The number of benzene rings is 2. The summed E-state index contributed by atoms with van der Waals surface area (Å²) in [5.41, 5.74) is 2.64. The Kier molecular flexibility index (Phi) is 8.48. The molecule has 8 nitrogen and oxygen atoms in total. The second-order valence-electron chi connectivity index (χ2n) is 9.40. The lowest BCUT2D eigenvalue weighted by molar-refractivity contribution is -0.111. The first-order valence-corrected chi connectivity index (χ1v) is 13.7. The van der Waals surface area contributed by atoms with Crippen LogP contribution in [0.4, 0.5) is 20.2 Å². The number of aromatic nitrogens is 1. The van der Waals surface area contributed by atoms with Crippen molar-refractivity contribution in [2.75, 3.05) is 50.7 Å². The number of anilines is 2. The van der Waals surface area contributed by atoms with E-state index in [1.807, 2.05) is 24.3 Å². The quantitative estimate of drug-likeness (QED) is 0.262. The van der Waals surface area contributed by atoms with E-state index in [2.05, 4.69) is 21.8 Å². The van der Waals surface area contributed by atoms with Gasteiger partial charge in [-0.2, -0.15) is 0 Å². The molecule has 2 aromatic heterocycles. The van der Waals surface area contributed by atoms with Gasteiger partial charge in [0, 0.05) is 53.7 Å². The van der Waals surface area contributed by atoms with Gasteiger partial charge in [0.2, 0.25) is 5.91 Å². The summed E-state index contributed by atoms with van der Waals surface area (Å²) in [6.07, 6.45) is 1.70. The zero-order valence-electron chi connectivity index (χ0n) is 22.6. The van der Waals surface area contributed by atoms with Gasteiger partial charge in [-0.1, -0.05) is 12.6 Å². The normalized spacial score (nSPS) is 14.1. The number of thiophene rings is 1. The standard InChI is InChI=1S/C30H29F2N3O5S/c1-4-26(36)34-21-14-20(35-7-9-40-10-8-35)6-5-17(21)11-19-12-18-13-24(41-25(18)16-33-19)30(37)27-28(31)22(38-2)15-23(39-3)29(27)32/h4-6,12-16,30,37H,1,7-11H2,2-3H3,(H,34,36). The van der Waals surface area contributed by atoms with Crippen LogP contribution in [0.5, 0.6) is 11.5 Å². The fourth-order valence-corrected chi connectivity index (χ4v) is 5.77. The van der Waals surface area contributed by atoms with Crippen molar-refractivity contribution in [3.05, 3.63) is 88.6 Å². The lowest BCUT2D eigenvalue weighted by atomic mass is 10.0. The van der Waals surface area contributed by atoms with Crippen LogP contribution in [0.2, 0.25) is 0 Å². The van der Waals surface area contributed by atoms with Gasteiger partial charge in [0.1, 0.15) is 6.10 Å². The maximum Gasteiger partial charge on any atom is 0.247 e. The molecular weight excluding hydrogens is 552 g/mol. The molecule has 0 spiro atoms. The number of morpholine rings is 1. The van der Waals surface area contributed by atoms with E-state index in [0.29, 0.717) is 35.9 Å². The van der Waals surface area contributed by atoms with Crippen LogP contribution in [0, 0.1) is 11.6 Å². The second-order valence-corrected chi connectivity index (χ2v) is 10.5. The molecule has 214 valence electrons. The average molecular weight is 582 g/mol. The van der Waals surface area contributed by atoms with E-state index in [4.69, 9.17) is 14.2 Å². The van der Waals surface area contributed by atoms with Crippen LogP contribution in [0.15, 0.2) is 55.3 Å². The fourth-order valence-electron chi connectivity index (χ4n) is 4.76. The number of methoxy groups -OCH3 is 2. The molecule has 1 unspecified atom stereocenters. The minimum atomic E-state index is -1.59. The van der Waals surface area contributed by atoms with Crippen LogP contribution in [-0.4, -0.2) is 56.5 Å². The number of aliphatic hydroxyl groups is 1. The number of carbonyl (C=O) groups is 1. The van der Waals surface area contributed by atoms with Gasteiger partial charge >= 0.3 is 0 Å². The summed E-state index contributed by atoms with van der Waals surface area (Å²) in [5.74, 6) is -2.78. The van der Waals surface area contributed by atoms with E-state index in [-0.39, 0.29) is 17.4 Å². The van der Waals surface area contributed by atoms with Crippen molar-refractivity contribution in [2.24, 2.45) is 0 Å². The van der Waals surface area contributed by atoms with Crippen molar-refractivity contribution < 1.29 is 32.9 Å². The Labute approximate surface area is 239 Å². The molecular formula is C30H29F2N3O5S. The summed E-state index contributed by atoms with van der Waals surface area (Å²) >= 11 is 1.18. The van der Waals surface area contributed by atoms with Crippen LogP contribution < -0.4 is 19.7 Å². The predicted octanol–water partition coefficient (Wildman–Crippen LogP) is 5.23. The monoisotopic (exact) mass is 581 g/mol. The van der Waals surface area contributed by atoms with Crippen LogP contribution in [0.3, 0.4) is 0 Å². The third kappa shape index (κ3) is 5.88. The van der Waals surface area contributed by atoms with Gasteiger partial charge in [-0.15, -0.1) is 11.3 Å². The SMILES string of the molecule is C=CC(=O)Nc1cc(N2CCOCC2)ccc1Cc1cc2cc(C(O)c3c(F)c(OC)cc(OC)c3F)sc2cn1. The first-order chi connectivity index (χ1) is 19.8. The van der Waals surface area contributed by atoms with Gasteiger partial charge in [-0.05, 0) is 41.3 Å². The third-order valence-electron chi connectivity index (χ3n) is 6.91. The highest BCUT2D eigenvalue weighted by Gasteiger charge is 2.28. The van der Waals surface area contributed by atoms with Gasteiger partial charge in [-0.25, -0.2) is 8.78 Å². The average Bonchev–Trinajstić information content (AvgIpc) is 3.42. The molecule has 1 amide bonds. The Morgan fingerprint density at radius 1 is 1.17 bits per heavy atom. The lowest BCUT2D eigenvalue weighted by Crippen LogP contribution is -2.36. The van der Waals surface area contributed by atoms with Crippen molar-refractivity contribution in [2.45, 2.75) is 12.5 Å². The van der Waals surface area contributed by atoms with Crippen molar-refractivity contribution >= 4 is 38.7 Å². The molecule has 3 heterocycles. The number of hydrogen-bond donors (Lipinski definition) is 2. The van der Waals surface area contributed by atoms with Gasteiger partial charge in [0.25, 0.3) is 0 Å². The summed E-state index contributed by atoms with van der Waals surface area (Å²) in [6, 6.07) is 10.5. The van der Waals surface area contributed by atoms with Gasteiger partial charge in [-0.3, -0.25) is 9.78 Å². The maximum absolute atomic E-state index is 15.0. The van der Waals surface area contributed by atoms with E-state index < -0.39 is 23.3 Å². The molecule has 1 fully saturated rings. The number of carbonyl (C=O) groups excluding carboxylic acids is 1. The third-order valence-corrected chi connectivity index (χ3v) is 8.05. The van der Waals surface area contributed by atoms with Crippen molar-refractivity contribution in [1.29, 1.82) is 0 Å². The maximum atomic E-state index is 15.0. The topological polar surface area (TPSA) is 93.2 Å². The molecule has 5 rings (SSSR count). The number of ether oxygens (including phenoxy) is 3. The van der Waals surface area contributed by atoms with Crippen LogP contribution >= 0.6 is 11.3 Å². The van der Waals surface area contributed by atoms with Crippen LogP contribution in [0.1, 0.15) is 27.8 Å². The molecule has 41 heavy (non-hydrogen) atoms. The van der Waals surface area contributed by atoms with E-state index in [0.717, 1.165) is 40.5 Å². The smallest absolute Gasteiger partial charge is 0.247 e. The first-order valence-electron chi connectivity index (χ1n) is 12.9. The Morgan fingerprint density at radius 2 is 1.88 bits per heavy atom. The molecule has 11 heteroatoms. The fraction of sp³-hybridized carbons (Fsp3) is 0.267. The Hall–Kier alpha value is -4.06. The number of halogens is 2. The summed E-state index contributed by atoms with van der Waals surface area (Å²) in [5, 5.41) is 14.7. The van der Waals surface area contributed by atoms with Crippen molar-refractivity contribution in [3.63, 3.8) is 0 Å². The van der Waals surface area contributed by atoms with E-state index in [9.17, 15) is 9.90 Å². The highest BCUT2D eigenvalue weighted by molar-refractivity contribution is 7.19. The van der Waals surface area contributed by atoms with E-state index in [1.165, 1.54) is 31.6 Å². The molecule has 1 atom stereocenters. The highest BCUT2D eigenvalue weighted by atomic mass is 32.1. The molecule has 2 N–H and O–H groups in total. The lowest BCUT2D eigenvalue weighted by Gasteiger charge is -2.29. The molecule has 4 aromatic rings. The minimum absolute atomic E-state index is 0.235. The summed E-state index contributed by atoms with van der Waals surface area (Å²) in [7, 11) is 2.51. The molecule has 1 aliphatic heterocycles. The van der Waals surface area contributed by atoms with Gasteiger partial charge in [0.05, 0.1) is 37.7 Å². The summed E-state index contributed by atoms with van der Waals surface area (Å²) in [6.45, 7) is 6.35. The summed E-state index contributed by atoms with van der Waals surface area (Å²) in [4.78, 5) is 19.3. The highest BCUT2D eigenvalue weighted by Crippen LogP contribution is 2.40. The number of rotatable bonds is 9. The predicted molar refractivity (Wildman–Crippen MR) is 154 cm³/mol.